The van der Waals surface area contributed by atoms with Crippen LogP contribution in [0, 0.1) is 5.82 Å². The topological polar surface area (TPSA) is 37.0 Å². The second-order valence-electron chi connectivity index (χ2n) is 4.09. The van der Waals surface area contributed by atoms with E-state index in [1.807, 2.05) is 13.0 Å². The molecule has 0 saturated carbocycles. The Morgan fingerprint density at radius 3 is 2.58 bits per heavy atom. The van der Waals surface area contributed by atoms with Crippen molar-refractivity contribution in [2.75, 3.05) is 17.2 Å². The molecular formula is C14H15ClFN3. The molecule has 0 aliphatic heterocycles. The van der Waals surface area contributed by atoms with Crippen molar-refractivity contribution in [1.82, 2.24) is 4.98 Å². The molecule has 2 rings (SSSR count). The van der Waals surface area contributed by atoms with E-state index in [9.17, 15) is 4.39 Å². The minimum Gasteiger partial charge on any atom is -0.384 e. The standard InChI is InChI=1S/C14H15ClFN3/c1-2-18-11-6-12(9-17-8-11)19-7-10-3-4-14(16)13(15)5-10/h3-6,8-9,18-19H,2,7H2,1H3. The summed E-state index contributed by atoms with van der Waals surface area (Å²) in [7, 11) is 0. The molecule has 0 atom stereocenters. The van der Waals surface area contributed by atoms with Gasteiger partial charge in [-0.2, -0.15) is 0 Å². The van der Waals surface area contributed by atoms with Crippen molar-refractivity contribution in [1.29, 1.82) is 0 Å². The van der Waals surface area contributed by atoms with Crippen LogP contribution in [0.25, 0.3) is 0 Å². The van der Waals surface area contributed by atoms with Gasteiger partial charge in [-0.05, 0) is 30.7 Å². The molecule has 19 heavy (non-hydrogen) atoms. The smallest absolute Gasteiger partial charge is 0.141 e. The minimum atomic E-state index is -0.402. The number of pyridine rings is 1. The summed E-state index contributed by atoms with van der Waals surface area (Å²) in [5.41, 5.74) is 2.78. The number of benzene rings is 1. The van der Waals surface area contributed by atoms with Gasteiger partial charge in [0.15, 0.2) is 0 Å². The van der Waals surface area contributed by atoms with Gasteiger partial charge in [-0.1, -0.05) is 17.7 Å². The van der Waals surface area contributed by atoms with Gasteiger partial charge >= 0.3 is 0 Å². The fourth-order valence-electron chi connectivity index (χ4n) is 1.69. The minimum absolute atomic E-state index is 0.138. The van der Waals surface area contributed by atoms with Gasteiger partial charge in [0, 0.05) is 13.1 Å². The van der Waals surface area contributed by atoms with Gasteiger partial charge < -0.3 is 10.6 Å². The van der Waals surface area contributed by atoms with Crippen LogP contribution in [-0.4, -0.2) is 11.5 Å². The molecule has 0 unspecified atom stereocenters. The predicted molar refractivity (Wildman–Crippen MR) is 77.1 cm³/mol. The van der Waals surface area contributed by atoms with Crippen molar-refractivity contribution in [3.05, 3.63) is 53.1 Å². The van der Waals surface area contributed by atoms with Crippen LogP contribution in [0.15, 0.2) is 36.7 Å². The Morgan fingerprint density at radius 1 is 1.16 bits per heavy atom. The highest BCUT2D eigenvalue weighted by molar-refractivity contribution is 6.30. The largest absolute Gasteiger partial charge is 0.384 e. The molecule has 0 saturated heterocycles. The van der Waals surface area contributed by atoms with Crippen molar-refractivity contribution in [3.63, 3.8) is 0 Å². The molecule has 2 N–H and O–H groups in total. The van der Waals surface area contributed by atoms with Crippen LogP contribution in [-0.2, 0) is 6.54 Å². The lowest BCUT2D eigenvalue weighted by molar-refractivity contribution is 0.627. The second-order valence-corrected chi connectivity index (χ2v) is 4.50. The van der Waals surface area contributed by atoms with E-state index in [2.05, 4.69) is 15.6 Å². The van der Waals surface area contributed by atoms with E-state index < -0.39 is 5.82 Å². The number of nitrogens with one attached hydrogen (secondary N) is 2. The van der Waals surface area contributed by atoms with Crippen molar-refractivity contribution in [3.8, 4) is 0 Å². The quantitative estimate of drug-likeness (QED) is 0.871. The third-order valence-electron chi connectivity index (χ3n) is 2.60. The van der Waals surface area contributed by atoms with Crippen molar-refractivity contribution >= 4 is 23.0 Å². The maximum atomic E-state index is 13.0. The van der Waals surface area contributed by atoms with Crippen molar-refractivity contribution < 1.29 is 4.39 Å². The van der Waals surface area contributed by atoms with E-state index >= 15 is 0 Å². The Hall–Kier alpha value is -1.81. The molecule has 0 spiro atoms. The van der Waals surface area contributed by atoms with Crippen LogP contribution in [0.1, 0.15) is 12.5 Å². The maximum absolute atomic E-state index is 13.0. The molecule has 0 amide bonds. The van der Waals surface area contributed by atoms with E-state index in [0.29, 0.717) is 6.54 Å². The first kappa shape index (κ1) is 13.6. The van der Waals surface area contributed by atoms with Gasteiger partial charge in [0.1, 0.15) is 5.82 Å². The van der Waals surface area contributed by atoms with Gasteiger partial charge in [0.25, 0.3) is 0 Å². The molecule has 100 valence electrons. The normalized spacial score (nSPS) is 10.3. The van der Waals surface area contributed by atoms with Crippen LogP contribution in [0.3, 0.4) is 0 Å². The van der Waals surface area contributed by atoms with Crippen molar-refractivity contribution in [2.24, 2.45) is 0 Å². The zero-order valence-electron chi connectivity index (χ0n) is 10.6. The lowest BCUT2D eigenvalue weighted by Crippen LogP contribution is -2.02. The average Bonchev–Trinajstić information content (AvgIpc) is 2.41. The molecule has 0 fully saturated rings. The number of halogens is 2. The van der Waals surface area contributed by atoms with Gasteiger partial charge in [0.05, 0.1) is 28.8 Å². The highest BCUT2D eigenvalue weighted by Crippen LogP contribution is 2.18. The summed E-state index contributed by atoms with van der Waals surface area (Å²) in [5, 5.41) is 6.55. The van der Waals surface area contributed by atoms with Crippen LogP contribution in [0.5, 0.6) is 0 Å². The van der Waals surface area contributed by atoms with Crippen molar-refractivity contribution in [2.45, 2.75) is 13.5 Å². The number of hydrogen-bond acceptors (Lipinski definition) is 3. The van der Waals surface area contributed by atoms with E-state index in [1.165, 1.54) is 6.07 Å². The summed E-state index contributed by atoms with van der Waals surface area (Å²) in [4.78, 5) is 4.14. The molecule has 5 heteroatoms. The van der Waals surface area contributed by atoms with Gasteiger partial charge in [-0.15, -0.1) is 0 Å². The van der Waals surface area contributed by atoms with E-state index in [-0.39, 0.29) is 5.02 Å². The maximum Gasteiger partial charge on any atom is 0.141 e. The van der Waals surface area contributed by atoms with Gasteiger partial charge in [-0.25, -0.2) is 4.39 Å². The molecule has 0 radical (unpaired) electrons. The summed E-state index contributed by atoms with van der Waals surface area (Å²) in [5.74, 6) is -0.402. The van der Waals surface area contributed by atoms with Crippen LogP contribution >= 0.6 is 11.6 Å². The zero-order valence-corrected chi connectivity index (χ0v) is 11.3. The van der Waals surface area contributed by atoms with E-state index in [1.54, 1.807) is 24.5 Å². The number of rotatable bonds is 5. The first-order valence-electron chi connectivity index (χ1n) is 6.05. The molecule has 0 aliphatic rings. The highest BCUT2D eigenvalue weighted by atomic mass is 35.5. The predicted octanol–water partition coefficient (Wildman–Crippen LogP) is 3.92. The van der Waals surface area contributed by atoms with Crippen LogP contribution < -0.4 is 10.6 Å². The van der Waals surface area contributed by atoms with E-state index in [4.69, 9.17) is 11.6 Å². The lowest BCUT2D eigenvalue weighted by Gasteiger charge is -2.09. The SMILES string of the molecule is CCNc1cncc(NCc2ccc(F)c(Cl)c2)c1. The summed E-state index contributed by atoms with van der Waals surface area (Å²) < 4.78 is 13.0. The fraction of sp³-hybridized carbons (Fsp3) is 0.214. The summed E-state index contributed by atoms with van der Waals surface area (Å²) in [6, 6.07) is 6.66. The van der Waals surface area contributed by atoms with Gasteiger partial charge in [0.2, 0.25) is 0 Å². The Kier molecular flexibility index (Phi) is 4.58. The number of nitrogens with zero attached hydrogens (tertiary/aromatic N) is 1. The Balaban J connectivity index is 2.01. The molecule has 1 aromatic carbocycles. The Bertz CT molecular complexity index is 560. The number of hydrogen-bond donors (Lipinski definition) is 2. The Labute approximate surface area is 116 Å². The third-order valence-corrected chi connectivity index (χ3v) is 2.89. The summed E-state index contributed by atoms with van der Waals surface area (Å²) >= 11 is 5.74. The van der Waals surface area contributed by atoms with Crippen LogP contribution in [0.2, 0.25) is 5.02 Å². The molecule has 2 aromatic rings. The van der Waals surface area contributed by atoms with E-state index in [0.717, 1.165) is 23.5 Å². The molecule has 3 nitrogen and oxygen atoms in total. The third kappa shape index (κ3) is 3.83. The Morgan fingerprint density at radius 2 is 1.89 bits per heavy atom. The number of anilines is 2. The van der Waals surface area contributed by atoms with Crippen LogP contribution in [0.4, 0.5) is 15.8 Å². The zero-order chi connectivity index (χ0) is 13.7. The first-order chi connectivity index (χ1) is 9.19. The average molecular weight is 280 g/mol. The van der Waals surface area contributed by atoms with Gasteiger partial charge in [-0.3, -0.25) is 4.98 Å². The molecule has 1 heterocycles. The molecular weight excluding hydrogens is 265 g/mol. The second kappa shape index (κ2) is 6.38. The lowest BCUT2D eigenvalue weighted by atomic mass is 10.2. The highest BCUT2D eigenvalue weighted by Gasteiger charge is 2.01. The molecule has 0 aliphatic carbocycles. The summed E-state index contributed by atoms with van der Waals surface area (Å²) in [6.07, 6.45) is 3.51. The monoisotopic (exact) mass is 279 g/mol. The molecule has 1 aromatic heterocycles. The molecule has 0 bridgehead atoms. The summed E-state index contributed by atoms with van der Waals surface area (Å²) in [6.45, 7) is 3.44. The fourth-order valence-corrected chi connectivity index (χ4v) is 1.89. The number of aromatic nitrogens is 1. The first-order valence-corrected chi connectivity index (χ1v) is 6.43.